The minimum Gasteiger partial charge on any atom is -0.389 e. The van der Waals surface area contributed by atoms with Crippen LogP contribution in [0.15, 0.2) is 35.5 Å². The van der Waals surface area contributed by atoms with Gasteiger partial charge in [-0.3, -0.25) is 9.59 Å². The number of carbonyl (C=O) groups excluding carboxylic acids is 2. The van der Waals surface area contributed by atoms with E-state index in [-0.39, 0.29) is 35.5 Å². The molecule has 0 aromatic carbocycles. The van der Waals surface area contributed by atoms with Gasteiger partial charge in [-0.15, -0.1) is 0 Å². The Morgan fingerprint density at radius 1 is 1.25 bits per heavy atom. The summed E-state index contributed by atoms with van der Waals surface area (Å²) in [6.45, 7) is 10.7. The highest BCUT2D eigenvalue weighted by atomic mass is 16.3. The van der Waals surface area contributed by atoms with E-state index in [0.29, 0.717) is 12.3 Å². The highest BCUT2D eigenvalue weighted by molar-refractivity contribution is 6.13. The maximum atomic E-state index is 13.6. The van der Waals surface area contributed by atoms with Crippen LogP contribution in [-0.4, -0.2) is 28.9 Å². The van der Waals surface area contributed by atoms with Crippen LogP contribution in [0.25, 0.3) is 0 Å². The second-order valence-electron chi connectivity index (χ2n) is 9.53. The summed E-state index contributed by atoms with van der Waals surface area (Å²) in [5.41, 5.74) is 1.33. The lowest BCUT2D eigenvalue weighted by atomic mass is 9.55. The first kappa shape index (κ1) is 21.0. The molecule has 0 aromatic heterocycles. The summed E-state index contributed by atoms with van der Waals surface area (Å²) in [7, 11) is 0. The van der Waals surface area contributed by atoms with Crippen LogP contribution in [0.1, 0.15) is 60.3 Å². The first-order valence-corrected chi connectivity index (χ1v) is 10.7. The number of hydrogen-bond acceptors (Lipinski definition) is 3. The fourth-order valence-corrected chi connectivity index (χ4v) is 5.56. The van der Waals surface area contributed by atoms with Gasteiger partial charge in [-0.25, -0.2) is 0 Å². The largest absolute Gasteiger partial charge is 0.389 e. The number of rotatable bonds is 2. The Morgan fingerprint density at radius 3 is 2.64 bits per heavy atom. The topological polar surface area (TPSA) is 66.4 Å². The Bertz CT molecular complexity index is 732. The summed E-state index contributed by atoms with van der Waals surface area (Å²) in [5.74, 6) is -0.0253. The monoisotopic (exact) mass is 385 g/mol. The second kappa shape index (κ2) is 7.98. The second-order valence-corrected chi connectivity index (χ2v) is 9.53. The van der Waals surface area contributed by atoms with E-state index in [2.05, 4.69) is 52.1 Å². The molecule has 2 N–H and O–H groups in total. The fraction of sp³-hybridized carbons (Fsp3) is 0.667. The Balaban J connectivity index is 2.20. The van der Waals surface area contributed by atoms with Crippen LogP contribution in [0.5, 0.6) is 0 Å². The Kier molecular flexibility index (Phi) is 6.00. The summed E-state index contributed by atoms with van der Waals surface area (Å²) in [6.07, 6.45) is 9.95. The maximum absolute atomic E-state index is 13.6. The van der Waals surface area contributed by atoms with Crippen molar-refractivity contribution in [1.82, 2.24) is 5.32 Å². The maximum Gasteiger partial charge on any atom is 0.235 e. The van der Waals surface area contributed by atoms with Gasteiger partial charge in [0, 0.05) is 17.9 Å². The van der Waals surface area contributed by atoms with Crippen LogP contribution in [0.2, 0.25) is 0 Å². The van der Waals surface area contributed by atoms with Gasteiger partial charge in [0.1, 0.15) is 5.41 Å². The number of allylic oxidation sites excluding steroid dienone is 5. The number of amides is 1. The number of ketones is 1. The van der Waals surface area contributed by atoms with Gasteiger partial charge >= 0.3 is 0 Å². The molecule has 154 valence electrons. The standard InChI is InChI=1S/C24H35NO3/c1-14(2)11-20-22-17(5)16(4)13-18-12-15(3)7-6-8-19(26)9-10-21(27)24(18,22)23(28)25-20/h9-10,12-14,17-20,22,26H,6-8,11H2,1-5H3,(H,25,28)/b10-9-,15-12-/t17-,18+,19+,20+,22+,24-/m1/s1. The Labute approximate surface area is 169 Å². The van der Waals surface area contributed by atoms with Gasteiger partial charge in [0.25, 0.3) is 0 Å². The highest BCUT2D eigenvalue weighted by Gasteiger charge is 2.64. The molecular formula is C24H35NO3. The molecule has 1 amide bonds. The van der Waals surface area contributed by atoms with Crippen molar-refractivity contribution < 1.29 is 14.7 Å². The van der Waals surface area contributed by atoms with E-state index >= 15 is 0 Å². The summed E-state index contributed by atoms with van der Waals surface area (Å²) in [4.78, 5) is 27.1. The zero-order chi connectivity index (χ0) is 20.6. The quantitative estimate of drug-likeness (QED) is 0.558. The lowest BCUT2D eigenvalue weighted by Gasteiger charge is -2.44. The number of aliphatic hydroxyl groups is 1. The lowest BCUT2D eigenvalue weighted by molar-refractivity contribution is -0.142. The van der Waals surface area contributed by atoms with Crippen LogP contribution in [0, 0.1) is 29.1 Å². The molecule has 1 spiro atoms. The first-order valence-electron chi connectivity index (χ1n) is 10.7. The van der Waals surface area contributed by atoms with Gasteiger partial charge in [0.2, 0.25) is 5.91 Å². The van der Waals surface area contributed by atoms with E-state index in [0.717, 1.165) is 19.3 Å². The smallest absolute Gasteiger partial charge is 0.235 e. The van der Waals surface area contributed by atoms with E-state index in [9.17, 15) is 14.7 Å². The predicted molar refractivity (Wildman–Crippen MR) is 111 cm³/mol. The molecule has 3 rings (SSSR count). The molecule has 0 aromatic rings. The van der Waals surface area contributed by atoms with Gasteiger partial charge in [0.05, 0.1) is 6.10 Å². The minimum atomic E-state index is -1.11. The molecule has 1 heterocycles. The van der Waals surface area contributed by atoms with Crippen molar-refractivity contribution in [3.63, 3.8) is 0 Å². The lowest BCUT2D eigenvalue weighted by Crippen LogP contribution is -2.51. The Morgan fingerprint density at radius 2 is 1.96 bits per heavy atom. The van der Waals surface area contributed by atoms with Crippen LogP contribution < -0.4 is 5.32 Å². The van der Waals surface area contributed by atoms with Crippen molar-refractivity contribution in [1.29, 1.82) is 0 Å². The number of nitrogens with one attached hydrogen (secondary N) is 1. The third-order valence-electron chi connectivity index (χ3n) is 7.01. The van der Waals surface area contributed by atoms with Crippen molar-refractivity contribution in [2.75, 3.05) is 0 Å². The van der Waals surface area contributed by atoms with Gasteiger partial charge in [0.15, 0.2) is 5.78 Å². The molecule has 0 bridgehead atoms. The SMILES string of the molecule is CC1=C[C@@H]2/C=C(/C)CCC[C@H](O)/C=C\C(=O)[C@]23C(=O)N[C@@H](CC(C)C)[C@@H]3[C@@H]1C. The van der Waals surface area contributed by atoms with Gasteiger partial charge in [-0.2, -0.15) is 0 Å². The molecule has 6 atom stereocenters. The minimum absolute atomic E-state index is 0.00485. The van der Waals surface area contributed by atoms with Crippen molar-refractivity contribution in [3.05, 3.63) is 35.5 Å². The van der Waals surface area contributed by atoms with Crippen molar-refractivity contribution >= 4 is 11.7 Å². The van der Waals surface area contributed by atoms with Crippen molar-refractivity contribution in [2.24, 2.45) is 29.1 Å². The van der Waals surface area contributed by atoms with Crippen LogP contribution in [0.3, 0.4) is 0 Å². The summed E-state index contributed by atoms with van der Waals surface area (Å²) < 4.78 is 0. The number of carbonyl (C=O) groups is 2. The third-order valence-corrected chi connectivity index (χ3v) is 7.01. The van der Waals surface area contributed by atoms with Crippen LogP contribution in [-0.2, 0) is 9.59 Å². The van der Waals surface area contributed by atoms with E-state index in [1.807, 2.05) is 0 Å². The summed E-state index contributed by atoms with van der Waals surface area (Å²) in [6, 6.07) is -0.00485. The van der Waals surface area contributed by atoms with Gasteiger partial charge < -0.3 is 10.4 Å². The zero-order valence-corrected chi connectivity index (χ0v) is 17.9. The summed E-state index contributed by atoms with van der Waals surface area (Å²) in [5, 5.41) is 13.4. The zero-order valence-electron chi connectivity index (χ0n) is 17.9. The molecule has 2 aliphatic carbocycles. The third kappa shape index (κ3) is 3.52. The molecular weight excluding hydrogens is 350 g/mol. The molecule has 28 heavy (non-hydrogen) atoms. The van der Waals surface area contributed by atoms with Crippen LogP contribution >= 0.6 is 0 Å². The normalized spacial score (nSPS) is 41.9. The van der Waals surface area contributed by atoms with E-state index in [1.165, 1.54) is 17.2 Å². The average molecular weight is 386 g/mol. The van der Waals surface area contributed by atoms with E-state index in [1.54, 1.807) is 6.08 Å². The molecule has 0 saturated carbocycles. The first-order chi connectivity index (χ1) is 13.2. The molecule has 0 unspecified atom stereocenters. The fourth-order valence-electron chi connectivity index (χ4n) is 5.56. The van der Waals surface area contributed by atoms with Gasteiger partial charge in [-0.1, -0.05) is 50.1 Å². The van der Waals surface area contributed by atoms with Crippen molar-refractivity contribution in [3.8, 4) is 0 Å². The highest BCUT2D eigenvalue weighted by Crippen LogP contribution is 2.55. The average Bonchev–Trinajstić information content (AvgIpc) is 2.88. The molecule has 4 heteroatoms. The van der Waals surface area contributed by atoms with E-state index in [4.69, 9.17) is 0 Å². The van der Waals surface area contributed by atoms with Crippen LogP contribution in [0.4, 0.5) is 0 Å². The number of hydrogen-bond donors (Lipinski definition) is 2. The molecule has 1 fully saturated rings. The molecule has 0 radical (unpaired) electrons. The molecule has 4 nitrogen and oxygen atoms in total. The molecule has 1 saturated heterocycles. The molecule has 3 aliphatic rings. The Hall–Kier alpha value is -1.68. The molecule has 1 aliphatic heterocycles. The van der Waals surface area contributed by atoms with E-state index < -0.39 is 11.5 Å². The van der Waals surface area contributed by atoms with Crippen molar-refractivity contribution in [2.45, 2.75) is 72.4 Å². The predicted octanol–water partition coefficient (Wildman–Crippen LogP) is 3.96. The summed E-state index contributed by atoms with van der Waals surface area (Å²) >= 11 is 0. The van der Waals surface area contributed by atoms with Gasteiger partial charge in [-0.05, 0) is 57.4 Å². The number of aliphatic hydroxyl groups excluding tert-OH is 1.